The lowest BCUT2D eigenvalue weighted by Crippen LogP contribution is -2.45. The fourth-order valence-corrected chi connectivity index (χ4v) is 4.52. The highest BCUT2D eigenvalue weighted by Gasteiger charge is 2.30. The smallest absolute Gasteiger partial charge is 0.126 e. The van der Waals surface area contributed by atoms with Gasteiger partial charge in [-0.25, -0.2) is 8.78 Å². The highest BCUT2D eigenvalue weighted by molar-refractivity contribution is 7.13. The van der Waals surface area contributed by atoms with E-state index in [4.69, 9.17) is 9.47 Å². The van der Waals surface area contributed by atoms with Crippen molar-refractivity contribution in [3.05, 3.63) is 59.2 Å². The maximum absolute atomic E-state index is 13.3. The van der Waals surface area contributed by atoms with Crippen LogP contribution >= 0.6 is 9.39 Å². The van der Waals surface area contributed by atoms with Crippen LogP contribution in [-0.2, 0) is 12.8 Å². The van der Waals surface area contributed by atoms with Crippen LogP contribution in [-0.4, -0.2) is 52.4 Å². The first kappa shape index (κ1) is 21.4. The largest absolute Gasteiger partial charge is 0.487 e. The quantitative estimate of drug-likeness (QED) is 0.681. The Morgan fingerprint density at radius 1 is 0.867 bits per heavy atom. The SMILES string of the molecule is O[C@H](CN(P)C[C@@H](O)[C@H]1CCc2cc(F)ccc2O1)[C@@H]1CCc2cc(F)ccc2O1. The molecule has 2 aliphatic rings. The summed E-state index contributed by atoms with van der Waals surface area (Å²) in [5.74, 6) is 0.624. The summed E-state index contributed by atoms with van der Waals surface area (Å²) >= 11 is 0. The number of halogens is 2. The second-order valence-electron chi connectivity index (χ2n) is 7.98. The van der Waals surface area contributed by atoms with Gasteiger partial charge in [0.15, 0.2) is 0 Å². The predicted octanol–water partition coefficient (Wildman–Crippen LogP) is 2.87. The van der Waals surface area contributed by atoms with E-state index in [1.165, 1.54) is 24.3 Å². The van der Waals surface area contributed by atoms with Gasteiger partial charge in [0.1, 0.15) is 47.5 Å². The van der Waals surface area contributed by atoms with Crippen molar-refractivity contribution in [3.8, 4) is 11.5 Å². The first-order valence-electron chi connectivity index (χ1n) is 10.1. The van der Waals surface area contributed by atoms with E-state index in [2.05, 4.69) is 9.39 Å². The van der Waals surface area contributed by atoms with E-state index in [1.807, 2.05) is 0 Å². The number of hydrogen-bond donors (Lipinski definition) is 2. The summed E-state index contributed by atoms with van der Waals surface area (Å²) in [5.41, 5.74) is 1.62. The van der Waals surface area contributed by atoms with Crippen molar-refractivity contribution in [2.24, 2.45) is 0 Å². The summed E-state index contributed by atoms with van der Waals surface area (Å²) in [6.45, 7) is 0.578. The molecule has 2 aliphatic heterocycles. The van der Waals surface area contributed by atoms with E-state index in [9.17, 15) is 19.0 Å². The monoisotopic (exact) mass is 437 g/mol. The summed E-state index contributed by atoms with van der Waals surface area (Å²) in [4.78, 5) is 0. The molecule has 0 saturated heterocycles. The number of aryl methyl sites for hydroxylation is 2. The van der Waals surface area contributed by atoms with Crippen LogP contribution in [0.15, 0.2) is 36.4 Å². The third kappa shape index (κ3) is 4.92. The number of benzene rings is 2. The van der Waals surface area contributed by atoms with Gasteiger partial charge < -0.3 is 19.7 Å². The normalized spacial score (nSPS) is 22.5. The fraction of sp³-hybridized carbons (Fsp3) is 0.455. The molecule has 0 bridgehead atoms. The molecule has 5 nitrogen and oxygen atoms in total. The van der Waals surface area contributed by atoms with Crippen LogP contribution in [0.2, 0.25) is 0 Å². The fourth-order valence-electron chi connectivity index (χ4n) is 4.09. The lowest BCUT2D eigenvalue weighted by molar-refractivity contribution is -0.00758. The molecule has 2 N–H and O–H groups in total. The Hall–Kier alpha value is -1.79. The first-order chi connectivity index (χ1) is 14.4. The maximum atomic E-state index is 13.3. The first-order valence-corrected chi connectivity index (χ1v) is 10.7. The van der Waals surface area contributed by atoms with E-state index < -0.39 is 24.4 Å². The minimum absolute atomic E-state index is 0.289. The summed E-state index contributed by atoms with van der Waals surface area (Å²) in [6, 6.07) is 8.82. The van der Waals surface area contributed by atoms with E-state index in [-0.39, 0.29) is 24.7 Å². The molecule has 0 radical (unpaired) electrons. The zero-order valence-corrected chi connectivity index (χ0v) is 17.7. The van der Waals surface area contributed by atoms with Crippen LogP contribution in [0.25, 0.3) is 0 Å². The molecule has 30 heavy (non-hydrogen) atoms. The molecule has 162 valence electrons. The highest BCUT2D eigenvalue weighted by Crippen LogP contribution is 2.31. The van der Waals surface area contributed by atoms with Gasteiger partial charge in [-0.1, -0.05) is 9.39 Å². The molecule has 0 amide bonds. The highest BCUT2D eigenvalue weighted by atomic mass is 31.0. The van der Waals surface area contributed by atoms with Crippen LogP contribution in [0.3, 0.4) is 0 Å². The molecule has 8 heteroatoms. The average Bonchev–Trinajstić information content (AvgIpc) is 2.72. The number of ether oxygens (including phenoxy) is 2. The molecule has 2 aromatic rings. The Morgan fingerprint density at radius 3 is 1.73 bits per heavy atom. The third-order valence-corrected chi connectivity index (χ3v) is 6.12. The van der Waals surface area contributed by atoms with Gasteiger partial charge in [-0.2, -0.15) is 0 Å². The Kier molecular flexibility index (Phi) is 6.54. The topological polar surface area (TPSA) is 62.2 Å². The number of rotatable bonds is 6. The molecule has 0 spiro atoms. The Bertz CT molecular complexity index is 828. The van der Waals surface area contributed by atoms with E-state index >= 15 is 0 Å². The van der Waals surface area contributed by atoms with Gasteiger partial charge in [0, 0.05) is 13.1 Å². The van der Waals surface area contributed by atoms with Crippen molar-refractivity contribution < 1.29 is 28.5 Å². The van der Waals surface area contributed by atoms with Crippen molar-refractivity contribution in [1.29, 1.82) is 0 Å². The van der Waals surface area contributed by atoms with Crippen LogP contribution < -0.4 is 9.47 Å². The summed E-state index contributed by atoms with van der Waals surface area (Å²) in [7, 11) is 2.52. The van der Waals surface area contributed by atoms with Gasteiger partial charge in [-0.3, -0.25) is 4.67 Å². The van der Waals surface area contributed by atoms with Gasteiger partial charge >= 0.3 is 0 Å². The molecule has 2 aromatic carbocycles. The van der Waals surface area contributed by atoms with Crippen molar-refractivity contribution >= 4 is 9.39 Å². The van der Waals surface area contributed by atoms with Crippen LogP contribution in [0, 0.1) is 11.6 Å². The molecule has 5 atom stereocenters. The van der Waals surface area contributed by atoms with Gasteiger partial charge in [0.2, 0.25) is 0 Å². The molecule has 0 aromatic heterocycles. The number of aliphatic hydroxyl groups is 2. The van der Waals surface area contributed by atoms with Crippen LogP contribution in [0.1, 0.15) is 24.0 Å². The number of hydrogen-bond acceptors (Lipinski definition) is 5. The predicted molar refractivity (Wildman–Crippen MR) is 112 cm³/mol. The Labute approximate surface area is 176 Å². The van der Waals surface area contributed by atoms with Crippen LogP contribution in [0.5, 0.6) is 11.5 Å². The third-order valence-electron chi connectivity index (χ3n) is 5.70. The van der Waals surface area contributed by atoms with E-state index in [0.29, 0.717) is 37.2 Å². The van der Waals surface area contributed by atoms with Gasteiger partial charge in [-0.15, -0.1) is 0 Å². The minimum atomic E-state index is -0.760. The van der Waals surface area contributed by atoms with E-state index in [0.717, 1.165) is 11.1 Å². The summed E-state index contributed by atoms with van der Waals surface area (Å²) < 4.78 is 40.1. The van der Waals surface area contributed by atoms with Crippen molar-refractivity contribution in [2.45, 2.75) is 50.1 Å². The molecular weight excluding hydrogens is 411 g/mol. The van der Waals surface area contributed by atoms with Gasteiger partial charge in [0.25, 0.3) is 0 Å². The molecule has 0 fully saturated rings. The average molecular weight is 437 g/mol. The zero-order valence-electron chi connectivity index (χ0n) is 16.5. The number of fused-ring (bicyclic) bond motifs is 2. The lowest BCUT2D eigenvalue weighted by atomic mass is 9.98. The molecule has 4 rings (SSSR count). The second-order valence-corrected chi connectivity index (χ2v) is 8.71. The summed E-state index contributed by atoms with van der Waals surface area (Å²) in [5, 5.41) is 21.2. The number of aliphatic hydroxyl groups excluding tert-OH is 2. The Morgan fingerprint density at radius 2 is 1.30 bits per heavy atom. The molecule has 2 heterocycles. The Balaban J connectivity index is 1.28. The van der Waals surface area contributed by atoms with Crippen molar-refractivity contribution in [1.82, 2.24) is 4.67 Å². The summed E-state index contributed by atoms with van der Waals surface area (Å²) in [6.07, 6.45) is 0.170. The van der Waals surface area contributed by atoms with Gasteiger partial charge in [-0.05, 0) is 73.2 Å². The lowest BCUT2D eigenvalue weighted by Gasteiger charge is -2.34. The van der Waals surface area contributed by atoms with E-state index in [1.54, 1.807) is 16.8 Å². The minimum Gasteiger partial charge on any atom is -0.487 e. The standard InChI is InChI=1S/C22H26F2NO4P/c23-15-3-7-19-13(9-15)1-5-21(28-19)17(26)11-25(30)12-18(27)22-6-2-14-10-16(24)4-8-20(14)29-22/h3-4,7-10,17-18,21-22,26-27H,1-2,5-6,11-12,30H2/t17-,18-,21-,22+/m1/s1. The molecular formula is C22H26F2NO4P. The van der Waals surface area contributed by atoms with Crippen molar-refractivity contribution in [3.63, 3.8) is 0 Å². The second kappa shape index (κ2) is 9.15. The molecule has 0 saturated carbocycles. The van der Waals surface area contributed by atoms with Crippen molar-refractivity contribution in [2.75, 3.05) is 13.1 Å². The number of nitrogens with zero attached hydrogens (tertiary/aromatic N) is 1. The molecule has 0 aliphatic carbocycles. The van der Waals surface area contributed by atoms with Gasteiger partial charge in [0.05, 0.1) is 0 Å². The molecule has 1 unspecified atom stereocenters. The maximum Gasteiger partial charge on any atom is 0.126 e. The zero-order chi connectivity index (χ0) is 21.3. The van der Waals surface area contributed by atoms with Crippen LogP contribution in [0.4, 0.5) is 8.78 Å².